The molecule has 2 heterocycles. The van der Waals surface area contributed by atoms with Crippen molar-refractivity contribution in [2.75, 3.05) is 32.0 Å². The van der Waals surface area contributed by atoms with Crippen molar-refractivity contribution in [1.29, 1.82) is 0 Å². The predicted octanol–water partition coefficient (Wildman–Crippen LogP) is 3.02. The van der Waals surface area contributed by atoms with E-state index in [-0.39, 0.29) is 17.3 Å². The Morgan fingerprint density at radius 1 is 1.17 bits per heavy atom. The number of rotatable bonds is 7. The van der Waals surface area contributed by atoms with Crippen molar-refractivity contribution in [2.45, 2.75) is 31.7 Å². The van der Waals surface area contributed by atoms with Gasteiger partial charge in [0, 0.05) is 18.8 Å². The maximum absolute atomic E-state index is 12.9. The number of likely N-dealkylation sites (N-methyl/N-ethyl adjacent to an activating group) is 1. The van der Waals surface area contributed by atoms with E-state index in [1.54, 1.807) is 34.8 Å². The van der Waals surface area contributed by atoms with Gasteiger partial charge in [-0.15, -0.1) is 0 Å². The highest BCUT2D eigenvalue weighted by Crippen LogP contribution is 2.27. The van der Waals surface area contributed by atoms with Crippen LogP contribution in [0.1, 0.15) is 26.0 Å². The van der Waals surface area contributed by atoms with Crippen molar-refractivity contribution in [1.82, 2.24) is 9.21 Å². The molecule has 1 aliphatic heterocycles. The molecule has 1 aromatic heterocycles. The third-order valence-electron chi connectivity index (χ3n) is 5.03. The van der Waals surface area contributed by atoms with Gasteiger partial charge in [-0.1, -0.05) is 13.8 Å². The summed E-state index contributed by atoms with van der Waals surface area (Å²) in [5, 5.41) is 2.81. The van der Waals surface area contributed by atoms with Gasteiger partial charge in [-0.3, -0.25) is 9.69 Å². The van der Waals surface area contributed by atoms with E-state index in [0.717, 1.165) is 12.2 Å². The standard InChI is InChI=1S/C21H29N3O4S/c1-16-11-17(2)13-24(12-16)29(26,27)20-8-6-18(7-9-20)22-21(25)15-23(3)14-19-5-4-10-28-19/h4-10,16-17H,11-15H2,1-3H3,(H,22,25)/t16-,17+. The molecular weight excluding hydrogens is 390 g/mol. The van der Waals surface area contributed by atoms with Crippen LogP contribution in [0.25, 0.3) is 0 Å². The van der Waals surface area contributed by atoms with Gasteiger partial charge in [0.15, 0.2) is 0 Å². The Bertz CT molecular complexity index is 900. The molecule has 1 amide bonds. The molecule has 1 N–H and O–H groups in total. The van der Waals surface area contributed by atoms with Crippen LogP contribution in [0.15, 0.2) is 52.0 Å². The first kappa shape index (κ1) is 21.5. The summed E-state index contributed by atoms with van der Waals surface area (Å²) in [5.41, 5.74) is 0.570. The summed E-state index contributed by atoms with van der Waals surface area (Å²) in [6, 6.07) is 10.0. The van der Waals surface area contributed by atoms with Gasteiger partial charge in [0.25, 0.3) is 0 Å². The van der Waals surface area contributed by atoms with Crippen LogP contribution in [0.3, 0.4) is 0 Å². The molecule has 0 unspecified atom stereocenters. The van der Waals surface area contributed by atoms with Crippen LogP contribution in [0, 0.1) is 11.8 Å². The largest absolute Gasteiger partial charge is 0.468 e. The number of anilines is 1. The summed E-state index contributed by atoms with van der Waals surface area (Å²) in [6.45, 7) is 5.99. The van der Waals surface area contributed by atoms with E-state index >= 15 is 0 Å². The number of nitrogens with zero attached hydrogens (tertiary/aromatic N) is 2. The number of nitrogens with one attached hydrogen (secondary N) is 1. The van der Waals surface area contributed by atoms with Gasteiger partial charge in [0.05, 0.1) is 24.2 Å². The topological polar surface area (TPSA) is 82.9 Å². The van der Waals surface area contributed by atoms with E-state index in [0.29, 0.717) is 37.2 Å². The van der Waals surface area contributed by atoms with Crippen molar-refractivity contribution in [3.8, 4) is 0 Å². The molecule has 0 aliphatic carbocycles. The first-order chi connectivity index (χ1) is 13.7. The molecule has 158 valence electrons. The molecule has 0 saturated carbocycles. The minimum Gasteiger partial charge on any atom is -0.468 e. The van der Waals surface area contributed by atoms with E-state index in [9.17, 15) is 13.2 Å². The number of piperidine rings is 1. The lowest BCUT2D eigenvalue weighted by Gasteiger charge is -2.34. The van der Waals surface area contributed by atoms with Gasteiger partial charge in [-0.05, 0) is 61.7 Å². The minimum absolute atomic E-state index is 0.173. The summed E-state index contributed by atoms with van der Waals surface area (Å²) >= 11 is 0. The number of furan rings is 1. The van der Waals surface area contributed by atoms with Crippen LogP contribution in [-0.4, -0.2) is 50.2 Å². The average Bonchev–Trinajstić information content (AvgIpc) is 3.14. The highest BCUT2D eigenvalue weighted by atomic mass is 32.2. The Labute approximate surface area is 172 Å². The molecule has 2 atom stereocenters. The Hall–Kier alpha value is -2.16. The van der Waals surface area contributed by atoms with Gasteiger partial charge < -0.3 is 9.73 Å². The number of sulfonamides is 1. The van der Waals surface area contributed by atoms with Crippen LogP contribution < -0.4 is 5.32 Å². The minimum atomic E-state index is -3.52. The van der Waals surface area contributed by atoms with Crippen LogP contribution in [0.5, 0.6) is 0 Å². The summed E-state index contributed by atoms with van der Waals surface area (Å²) in [7, 11) is -1.69. The van der Waals surface area contributed by atoms with Crippen molar-refractivity contribution < 1.29 is 17.6 Å². The van der Waals surface area contributed by atoms with Gasteiger partial charge in [-0.2, -0.15) is 4.31 Å². The molecular formula is C21H29N3O4S. The zero-order valence-electron chi connectivity index (χ0n) is 17.2. The lowest BCUT2D eigenvalue weighted by Crippen LogP contribution is -2.42. The lowest BCUT2D eigenvalue weighted by molar-refractivity contribution is -0.117. The Morgan fingerprint density at radius 2 is 1.83 bits per heavy atom. The van der Waals surface area contributed by atoms with Crippen molar-refractivity contribution >= 4 is 21.6 Å². The molecule has 8 heteroatoms. The van der Waals surface area contributed by atoms with Crippen LogP contribution in [0.4, 0.5) is 5.69 Å². The maximum atomic E-state index is 12.9. The van der Waals surface area contributed by atoms with Gasteiger partial charge in [-0.25, -0.2) is 8.42 Å². The zero-order chi connectivity index (χ0) is 21.0. The first-order valence-corrected chi connectivity index (χ1v) is 11.3. The highest BCUT2D eigenvalue weighted by Gasteiger charge is 2.31. The fraction of sp³-hybridized carbons (Fsp3) is 0.476. The fourth-order valence-corrected chi connectivity index (χ4v) is 5.51. The lowest BCUT2D eigenvalue weighted by atomic mass is 9.94. The van der Waals surface area contributed by atoms with E-state index in [1.165, 1.54) is 0 Å². The molecule has 7 nitrogen and oxygen atoms in total. The SMILES string of the molecule is C[C@@H]1C[C@H](C)CN(S(=O)(=O)c2ccc(NC(=O)CN(C)Cc3ccco3)cc2)C1. The Balaban J connectivity index is 1.58. The molecule has 1 fully saturated rings. The van der Waals surface area contributed by atoms with Crippen LogP contribution in [-0.2, 0) is 21.4 Å². The number of benzene rings is 1. The highest BCUT2D eigenvalue weighted by molar-refractivity contribution is 7.89. The molecule has 1 aliphatic rings. The second-order valence-electron chi connectivity index (χ2n) is 8.09. The smallest absolute Gasteiger partial charge is 0.243 e. The summed E-state index contributed by atoms with van der Waals surface area (Å²) in [5.74, 6) is 1.32. The number of amides is 1. The first-order valence-electron chi connectivity index (χ1n) is 9.85. The second-order valence-corrected chi connectivity index (χ2v) is 10.0. The molecule has 0 spiro atoms. The predicted molar refractivity (Wildman–Crippen MR) is 112 cm³/mol. The van der Waals surface area contributed by atoms with Gasteiger partial charge in [0.2, 0.25) is 15.9 Å². The normalized spacial score (nSPS) is 20.7. The number of carbonyl (C=O) groups is 1. The molecule has 2 aromatic rings. The molecule has 0 bridgehead atoms. The number of hydrogen-bond acceptors (Lipinski definition) is 5. The third kappa shape index (κ3) is 5.68. The van der Waals surface area contributed by atoms with Gasteiger partial charge >= 0.3 is 0 Å². The molecule has 3 rings (SSSR count). The number of carbonyl (C=O) groups excluding carboxylic acids is 1. The second kappa shape index (κ2) is 9.11. The Kier molecular flexibility index (Phi) is 6.77. The molecule has 1 saturated heterocycles. The number of hydrogen-bond donors (Lipinski definition) is 1. The maximum Gasteiger partial charge on any atom is 0.243 e. The Morgan fingerprint density at radius 3 is 2.41 bits per heavy atom. The summed E-state index contributed by atoms with van der Waals surface area (Å²) < 4.78 is 32.7. The van der Waals surface area contributed by atoms with Crippen molar-refractivity contribution in [2.24, 2.45) is 11.8 Å². The quantitative estimate of drug-likeness (QED) is 0.746. The molecule has 29 heavy (non-hydrogen) atoms. The fourth-order valence-electron chi connectivity index (χ4n) is 3.83. The van der Waals surface area contributed by atoms with Crippen LogP contribution in [0.2, 0.25) is 0 Å². The van der Waals surface area contributed by atoms with Crippen LogP contribution >= 0.6 is 0 Å². The van der Waals surface area contributed by atoms with E-state index in [4.69, 9.17) is 4.42 Å². The van der Waals surface area contributed by atoms with Gasteiger partial charge in [0.1, 0.15) is 5.76 Å². The van der Waals surface area contributed by atoms with Crippen molar-refractivity contribution in [3.05, 3.63) is 48.4 Å². The van der Waals surface area contributed by atoms with E-state index < -0.39 is 10.0 Å². The molecule has 0 radical (unpaired) electrons. The van der Waals surface area contributed by atoms with E-state index in [1.807, 2.05) is 24.1 Å². The monoisotopic (exact) mass is 419 g/mol. The van der Waals surface area contributed by atoms with E-state index in [2.05, 4.69) is 19.2 Å². The summed E-state index contributed by atoms with van der Waals surface area (Å²) in [6.07, 6.45) is 2.65. The zero-order valence-corrected chi connectivity index (χ0v) is 18.0. The summed E-state index contributed by atoms with van der Waals surface area (Å²) in [4.78, 5) is 14.3. The third-order valence-corrected chi connectivity index (χ3v) is 6.88. The van der Waals surface area contributed by atoms with Crippen molar-refractivity contribution in [3.63, 3.8) is 0 Å². The average molecular weight is 420 g/mol. The molecule has 1 aromatic carbocycles.